The number of carboxylic acids is 1. The number of aromatic nitrogens is 3. The molecule has 6 heteroatoms. The summed E-state index contributed by atoms with van der Waals surface area (Å²) in [6.07, 6.45) is 1.83. The van der Waals surface area contributed by atoms with Gasteiger partial charge in [0.2, 0.25) is 0 Å². The van der Waals surface area contributed by atoms with Crippen LogP contribution in [0.4, 0.5) is 0 Å². The number of rotatable bonds is 5. The fraction of sp³-hybridized carbons (Fsp3) is 0.167. The number of aliphatic hydroxyl groups is 1. The molecule has 24 heavy (non-hydrogen) atoms. The Bertz CT molecular complexity index is 887. The van der Waals surface area contributed by atoms with Crippen LogP contribution in [0.25, 0.3) is 11.3 Å². The van der Waals surface area contributed by atoms with Crippen molar-refractivity contribution in [1.29, 1.82) is 0 Å². The van der Waals surface area contributed by atoms with Gasteiger partial charge < -0.3 is 10.2 Å². The van der Waals surface area contributed by atoms with E-state index in [0.717, 1.165) is 27.9 Å². The second kappa shape index (κ2) is 6.64. The summed E-state index contributed by atoms with van der Waals surface area (Å²) in [5, 5.41) is 26.6. The summed E-state index contributed by atoms with van der Waals surface area (Å²) in [6, 6.07) is 12.7. The molecule has 0 aliphatic heterocycles. The summed E-state index contributed by atoms with van der Waals surface area (Å²) in [5.74, 6) is -0.925. The van der Waals surface area contributed by atoms with E-state index in [2.05, 4.69) is 10.3 Å². The molecule has 0 saturated carbocycles. The lowest BCUT2D eigenvalue weighted by molar-refractivity contribution is 0.0696. The molecule has 6 nitrogen and oxygen atoms in total. The molecule has 0 fully saturated rings. The van der Waals surface area contributed by atoms with Gasteiger partial charge >= 0.3 is 5.97 Å². The van der Waals surface area contributed by atoms with E-state index in [1.54, 1.807) is 23.7 Å². The standard InChI is InChI=1S/C18H17N3O3/c1-12-7-13(5-6-16(12)18(23)24)9-21-10-17(19-20-21)15-4-2-3-14(8-15)11-22/h2-8,10,22H,9,11H2,1H3,(H,23,24). The maximum atomic E-state index is 11.1. The van der Waals surface area contributed by atoms with E-state index in [0.29, 0.717) is 12.1 Å². The Kier molecular flexibility index (Phi) is 4.39. The molecular formula is C18H17N3O3. The number of hydrogen-bond donors (Lipinski definition) is 2. The zero-order valence-corrected chi connectivity index (χ0v) is 13.2. The van der Waals surface area contributed by atoms with Gasteiger partial charge in [0, 0.05) is 5.56 Å². The quantitative estimate of drug-likeness (QED) is 0.753. The SMILES string of the molecule is Cc1cc(Cn2cc(-c3cccc(CO)c3)nn2)ccc1C(=O)O. The fourth-order valence-electron chi connectivity index (χ4n) is 2.59. The van der Waals surface area contributed by atoms with Crippen molar-refractivity contribution in [2.24, 2.45) is 0 Å². The van der Waals surface area contributed by atoms with Crippen molar-refractivity contribution in [1.82, 2.24) is 15.0 Å². The first-order chi connectivity index (χ1) is 11.6. The highest BCUT2D eigenvalue weighted by Crippen LogP contribution is 2.18. The zero-order valence-electron chi connectivity index (χ0n) is 13.2. The molecule has 0 amide bonds. The second-order valence-corrected chi connectivity index (χ2v) is 5.61. The van der Waals surface area contributed by atoms with Gasteiger partial charge in [0.1, 0.15) is 5.69 Å². The van der Waals surface area contributed by atoms with Gasteiger partial charge in [-0.25, -0.2) is 9.48 Å². The van der Waals surface area contributed by atoms with Crippen molar-refractivity contribution in [2.45, 2.75) is 20.1 Å². The number of hydrogen-bond acceptors (Lipinski definition) is 4. The lowest BCUT2D eigenvalue weighted by atomic mass is 10.1. The van der Waals surface area contributed by atoms with Crippen molar-refractivity contribution < 1.29 is 15.0 Å². The number of benzene rings is 2. The van der Waals surface area contributed by atoms with E-state index >= 15 is 0 Å². The molecule has 3 aromatic rings. The number of nitrogens with zero attached hydrogens (tertiary/aromatic N) is 3. The number of carboxylic acid groups (broad SMARTS) is 1. The molecule has 3 rings (SSSR count). The summed E-state index contributed by atoms with van der Waals surface area (Å²) in [5.41, 5.74) is 4.42. The van der Waals surface area contributed by atoms with Crippen molar-refractivity contribution in [3.05, 3.63) is 70.9 Å². The summed E-state index contributed by atoms with van der Waals surface area (Å²) < 4.78 is 1.70. The van der Waals surface area contributed by atoms with E-state index in [1.165, 1.54) is 0 Å². The Hall–Kier alpha value is -2.99. The third-order valence-corrected chi connectivity index (χ3v) is 3.81. The number of aromatic carboxylic acids is 1. The first-order valence-electron chi connectivity index (χ1n) is 7.50. The first kappa shape index (κ1) is 15.9. The van der Waals surface area contributed by atoms with Crippen LogP contribution < -0.4 is 0 Å². The van der Waals surface area contributed by atoms with Gasteiger partial charge in [0.05, 0.1) is 24.9 Å². The van der Waals surface area contributed by atoms with E-state index < -0.39 is 5.97 Å². The molecule has 2 N–H and O–H groups in total. The molecule has 0 spiro atoms. The van der Waals surface area contributed by atoms with Gasteiger partial charge in [-0.05, 0) is 35.7 Å². The Balaban J connectivity index is 1.81. The Morgan fingerprint density at radius 1 is 1.17 bits per heavy atom. The molecular weight excluding hydrogens is 306 g/mol. The molecule has 1 heterocycles. The Morgan fingerprint density at radius 3 is 2.71 bits per heavy atom. The van der Waals surface area contributed by atoms with Crippen LogP contribution in [-0.4, -0.2) is 31.2 Å². The number of aryl methyl sites for hydroxylation is 1. The molecule has 0 radical (unpaired) electrons. The van der Waals surface area contributed by atoms with Gasteiger partial charge in [-0.3, -0.25) is 0 Å². The smallest absolute Gasteiger partial charge is 0.335 e. The third-order valence-electron chi connectivity index (χ3n) is 3.81. The van der Waals surface area contributed by atoms with Crippen LogP contribution in [0.3, 0.4) is 0 Å². The number of aliphatic hydroxyl groups excluding tert-OH is 1. The third kappa shape index (κ3) is 3.33. The van der Waals surface area contributed by atoms with Crippen LogP contribution in [0.1, 0.15) is 27.0 Å². The van der Waals surface area contributed by atoms with E-state index in [4.69, 9.17) is 5.11 Å². The Labute approximate surface area is 139 Å². The predicted molar refractivity (Wildman–Crippen MR) is 88.6 cm³/mol. The predicted octanol–water partition coefficient (Wildman–Crippen LogP) is 2.49. The molecule has 1 aromatic heterocycles. The lowest BCUT2D eigenvalue weighted by Crippen LogP contribution is -2.04. The minimum absolute atomic E-state index is 0.0167. The van der Waals surface area contributed by atoms with Gasteiger partial charge in [-0.2, -0.15) is 0 Å². The topological polar surface area (TPSA) is 88.2 Å². The monoisotopic (exact) mass is 323 g/mol. The van der Waals surface area contributed by atoms with Crippen LogP contribution >= 0.6 is 0 Å². The maximum absolute atomic E-state index is 11.1. The van der Waals surface area contributed by atoms with Crippen LogP contribution in [-0.2, 0) is 13.2 Å². The molecule has 122 valence electrons. The van der Waals surface area contributed by atoms with Crippen molar-refractivity contribution in [3.8, 4) is 11.3 Å². The summed E-state index contributed by atoms with van der Waals surface area (Å²) in [6.45, 7) is 2.27. The summed E-state index contributed by atoms with van der Waals surface area (Å²) in [4.78, 5) is 11.1. The number of carbonyl (C=O) groups is 1. The minimum atomic E-state index is -0.925. The van der Waals surface area contributed by atoms with E-state index in [-0.39, 0.29) is 6.61 Å². The molecule has 0 saturated heterocycles. The highest BCUT2D eigenvalue weighted by Gasteiger charge is 2.09. The minimum Gasteiger partial charge on any atom is -0.478 e. The lowest BCUT2D eigenvalue weighted by Gasteiger charge is -2.05. The highest BCUT2D eigenvalue weighted by atomic mass is 16.4. The molecule has 0 aliphatic rings. The second-order valence-electron chi connectivity index (χ2n) is 5.61. The molecule has 2 aromatic carbocycles. The average molecular weight is 323 g/mol. The van der Waals surface area contributed by atoms with Gasteiger partial charge in [-0.1, -0.05) is 35.5 Å². The highest BCUT2D eigenvalue weighted by molar-refractivity contribution is 5.89. The van der Waals surface area contributed by atoms with Crippen molar-refractivity contribution in [3.63, 3.8) is 0 Å². The fourth-order valence-corrected chi connectivity index (χ4v) is 2.59. The van der Waals surface area contributed by atoms with Gasteiger partial charge in [0.25, 0.3) is 0 Å². The van der Waals surface area contributed by atoms with Crippen LogP contribution in [0, 0.1) is 6.92 Å². The van der Waals surface area contributed by atoms with Crippen molar-refractivity contribution >= 4 is 5.97 Å². The van der Waals surface area contributed by atoms with Crippen molar-refractivity contribution in [2.75, 3.05) is 0 Å². The maximum Gasteiger partial charge on any atom is 0.335 e. The first-order valence-corrected chi connectivity index (χ1v) is 7.50. The molecule has 0 unspecified atom stereocenters. The summed E-state index contributed by atoms with van der Waals surface area (Å²) in [7, 11) is 0. The summed E-state index contributed by atoms with van der Waals surface area (Å²) >= 11 is 0. The van der Waals surface area contributed by atoms with Gasteiger partial charge in [0.15, 0.2) is 0 Å². The molecule has 0 bridgehead atoms. The van der Waals surface area contributed by atoms with E-state index in [1.807, 2.05) is 36.5 Å². The average Bonchev–Trinajstić information content (AvgIpc) is 3.03. The van der Waals surface area contributed by atoms with E-state index in [9.17, 15) is 9.90 Å². The van der Waals surface area contributed by atoms with Crippen LogP contribution in [0.5, 0.6) is 0 Å². The van der Waals surface area contributed by atoms with Gasteiger partial charge in [-0.15, -0.1) is 5.10 Å². The largest absolute Gasteiger partial charge is 0.478 e. The normalized spacial score (nSPS) is 10.8. The van der Waals surface area contributed by atoms with Crippen LogP contribution in [0.2, 0.25) is 0 Å². The molecule has 0 aliphatic carbocycles. The Morgan fingerprint density at radius 2 is 2.00 bits per heavy atom. The molecule has 0 atom stereocenters. The van der Waals surface area contributed by atoms with Crippen LogP contribution in [0.15, 0.2) is 48.7 Å². The zero-order chi connectivity index (χ0) is 17.1.